The van der Waals surface area contributed by atoms with Gasteiger partial charge >= 0.3 is 0 Å². The van der Waals surface area contributed by atoms with Crippen LogP contribution in [0.2, 0.25) is 0 Å². The molecule has 0 aromatic heterocycles. The number of ether oxygens (including phenoxy) is 1. The zero-order chi connectivity index (χ0) is 13.8. The van der Waals surface area contributed by atoms with Gasteiger partial charge in [0.15, 0.2) is 0 Å². The van der Waals surface area contributed by atoms with Crippen molar-refractivity contribution >= 4 is 15.9 Å². The molecule has 2 aromatic rings. The molecule has 19 heavy (non-hydrogen) atoms. The highest BCUT2D eigenvalue weighted by atomic mass is 79.9. The normalized spacial score (nSPS) is 12.2. The first-order chi connectivity index (χ1) is 9.15. The van der Waals surface area contributed by atoms with E-state index < -0.39 is 0 Å². The molecule has 1 atom stereocenters. The van der Waals surface area contributed by atoms with Gasteiger partial charge < -0.3 is 4.74 Å². The van der Waals surface area contributed by atoms with Crippen LogP contribution >= 0.6 is 15.9 Å². The van der Waals surface area contributed by atoms with Gasteiger partial charge in [0.25, 0.3) is 0 Å². The molecule has 3 nitrogen and oxygen atoms in total. The number of rotatable bonds is 4. The van der Waals surface area contributed by atoms with E-state index in [1.807, 2.05) is 30.3 Å². The molecule has 0 aliphatic carbocycles. The summed E-state index contributed by atoms with van der Waals surface area (Å²) < 4.78 is 6.35. The SMILES string of the molecule is COc1cccc(C(NN)c2ccc(Br)c(C)c2)c1. The van der Waals surface area contributed by atoms with Crippen molar-refractivity contribution < 1.29 is 4.74 Å². The Morgan fingerprint density at radius 3 is 2.53 bits per heavy atom. The first-order valence-electron chi connectivity index (χ1n) is 6.02. The Morgan fingerprint density at radius 2 is 1.89 bits per heavy atom. The number of nitrogens with one attached hydrogen (secondary N) is 1. The van der Waals surface area contributed by atoms with Crippen LogP contribution < -0.4 is 16.0 Å². The van der Waals surface area contributed by atoms with Crippen molar-refractivity contribution in [3.8, 4) is 5.75 Å². The van der Waals surface area contributed by atoms with Gasteiger partial charge in [0.2, 0.25) is 0 Å². The van der Waals surface area contributed by atoms with Gasteiger partial charge in [-0.1, -0.05) is 40.2 Å². The second-order valence-electron chi connectivity index (χ2n) is 4.38. The fourth-order valence-electron chi connectivity index (χ4n) is 2.05. The van der Waals surface area contributed by atoms with Crippen molar-refractivity contribution in [2.45, 2.75) is 13.0 Å². The van der Waals surface area contributed by atoms with E-state index in [1.54, 1.807) is 7.11 Å². The summed E-state index contributed by atoms with van der Waals surface area (Å²) in [6.07, 6.45) is 0. The van der Waals surface area contributed by atoms with Gasteiger partial charge in [0.05, 0.1) is 13.2 Å². The van der Waals surface area contributed by atoms with E-state index in [2.05, 4.69) is 40.4 Å². The molecule has 0 aliphatic rings. The summed E-state index contributed by atoms with van der Waals surface area (Å²) in [5.74, 6) is 6.54. The Hall–Kier alpha value is -1.36. The summed E-state index contributed by atoms with van der Waals surface area (Å²) in [6.45, 7) is 2.06. The minimum absolute atomic E-state index is 0.0538. The third-order valence-corrected chi connectivity index (χ3v) is 4.00. The molecule has 1 unspecified atom stereocenters. The largest absolute Gasteiger partial charge is 0.497 e. The first-order valence-corrected chi connectivity index (χ1v) is 6.81. The molecule has 0 spiro atoms. The Bertz CT molecular complexity index is 572. The second-order valence-corrected chi connectivity index (χ2v) is 5.24. The number of halogens is 1. The van der Waals surface area contributed by atoms with Crippen LogP contribution in [0.1, 0.15) is 22.7 Å². The van der Waals surface area contributed by atoms with E-state index in [1.165, 1.54) is 5.56 Å². The fraction of sp³-hybridized carbons (Fsp3) is 0.200. The zero-order valence-electron chi connectivity index (χ0n) is 11.0. The summed E-state index contributed by atoms with van der Waals surface area (Å²) >= 11 is 3.51. The average Bonchev–Trinajstić information content (AvgIpc) is 2.44. The Morgan fingerprint density at radius 1 is 1.16 bits per heavy atom. The van der Waals surface area contributed by atoms with Crippen LogP contribution in [0.5, 0.6) is 5.75 Å². The lowest BCUT2D eigenvalue weighted by molar-refractivity contribution is 0.413. The van der Waals surface area contributed by atoms with Gasteiger partial charge in [-0.2, -0.15) is 0 Å². The minimum atomic E-state index is -0.0538. The van der Waals surface area contributed by atoms with Crippen molar-refractivity contribution in [1.29, 1.82) is 0 Å². The lowest BCUT2D eigenvalue weighted by atomic mass is 9.98. The summed E-state index contributed by atoms with van der Waals surface area (Å²) in [5.41, 5.74) is 6.24. The highest BCUT2D eigenvalue weighted by Gasteiger charge is 2.13. The molecule has 3 N–H and O–H groups in total. The Balaban J connectivity index is 2.40. The van der Waals surface area contributed by atoms with Crippen LogP contribution in [0.25, 0.3) is 0 Å². The van der Waals surface area contributed by atoms with Gasteiger partial charge in [0.1, 0.15) is 5.75 Å². The highest BCUT2D eigenvalue weighted by molar-refractivity contribution is 9.10. The predicted molar refractivity (Wildman–Crippen MR) is 81.0 cm³/mol. The van der Waals surface area contributed by atoms with Crippen molar-refractivity contribution in [3.05, 3.63) is 63.6 Å². The number of benzene rings is 2. The van der Waals surface area contributed by atoms with E-state index in [0.717, 1.165) is 21.3 Å². The molecular weight excluding hydrogens is 304 g/mol. The van der Waals surface area contributed by atoms with E-state index in [4.69, 9.17) is 10.6 Å². The van der Waals surface area contributed by atoms with Crippen LogP contribution in [0.15, 0.2) is 46.9 Å². The number of nitrogens with two attached hydrogens (primary N) is 1. The van der Waals surface area contributed by atoms with Crippen LogP contribution in [0.3, 0.4) is 0 Å². The predicted octanol–water partition coefficient (Wildman–Crippen LogP) is 3.32. The third-order valence-electron chi connectivity index (χ3n) is 3.11. The molecule has 0 fully saturated rings. The molecule has 4 heteroatoms. The van der Waals surface area contributed by atoms with E-state index >= 15 is 0 Å². The molecule has 0 heterocycles. The molecule has 0 bridgehead atoms. The van der Waals surface area contributed by atoms with Crippen LogP contribution in [-0.4, -0.2) is 7.11 Å². The maximum Gasteiger partial charge on any atom is 0.119 e. The molecule has 0 radical (unpaired) electrons. The number of methoxy groups -OCH3 is 1. The first kappa shape index (κ1) is 14.1. The summed E-state index contributed by atoms with van der Waals surface area (Å²) in [4.78, 5) is 0. The molecule has 0 saturated carbocycles. The van der Waals surface area contributed by atoms with E-state index in [-0.39, 0.29) is 6.04 Å². The molecular formula is C15H17BrN2O. The van der Waals surface area contributed by atoms with Crippen LogP contribution in [0.4, 0.5) is 0 Å². The van der Waals surface area contributed by atoms with Crippen molar-refractivity contribution in [3.63, 3.8) is 0 Å². The maximum absolute atomic E-state index is 5.71. The minimum Gasteiger partial charge on any atom is -0.497 e. The summed E-state index contributed by atoms with van der Waals surface area (Å²) in [7, 11) is 1.66. The Kier molecular flexibility index (Phi) is 4.58. The van der Waals surface area contributed by atoms with Crippen LogP contribution in [0, 0.1) is 6.92 Å². The van der Waals surface area contributed by atoms with Crippen molar-refractivity contribution in [2.24, 2.45) is 5.84 Å². The van der Waals surface area contributed by atoms with Gasteiger partial charge in [-0.3, -0.25) is 5.84 Å². The quantitative estimate of drug-likeness (QED) is 0.671. The molecule has 100 valence electrons. The van der Waals surface area contributed by atoms with Crippen molar-refractivity contribution in [1.82, 2.24) is 5.43 Å². The van der Waals surface area contributed by atoms with Gasteiger partial charge in [-0.05, 0) is 41.8 Å². The number of hydrogen-bond donors (Lipinski definition) is 2. The van der Waals surface area contributed by atoms with Gasteiger partial charge in [-0.15, -0.1) is 0 Å². The zero-order valence-corrected chi connectivity index (χ0v) is 12.6. The third kappa shape index (κ3) is 3.15. The molecule has 0 amide bonds. The summed E-state index contributed by atoms with van der Waals surface area (Å²) in [6, 6.07) is 14.1. The monoisotopic (exact) mass is 320 g/mol. The fourth-order valence-corrected chi connectivity index (χ4v) is 2.30. The van der Waals surface area contributed by atoms with Gasteiger partial charge in [0, 0.05) is 4.47 Å². The molecule has 2 rings (SSSR count). The molecule has 2 aromatic carbocycles. The number of hydrogen-bond acceptors (Lipinski definition) is 3. The maximum atomic E-state index is 5.71. The summed E-state index contributed by atoms with van der Waals surface area (Å²) in [5, 5.41) is 0. The number of hydrazine groups is 1. The lowest BCUT2D eigenvalue weighted by Crippen LogP contribution is -2.28. The molecule has 0 saturated heterocycles. The highest BCUT2D eigenvalue weighted by Crippen LogP contribution is 2.27. The van der Waals surface area contributed by atoms with Crippen molar-refractivity contribution in [2.75, 3.05) is 7.11 Å². The van der Waals surface area contributed by atoms with E-state index in [0.29, 0.717) is 0 Å². The lowest BCUT2D eigenvalue weighted by Gasteiger charge is -2.18. The van der Waals surface area contributed by atoms with Crippen LogP contribution in [-0.2, 0) is 0 Å². The Labute approximate surface area is 121 Å². The number of aryl methyl sites for hydroxylation is 1. The smallest absolute Gasteiger partial charge is 0.119 e. The topological polar surface area (TPSA) is 47.3 Å². The van der Waals surface area contributed by atoms with Gasteiger partial charge in [-0.25, -0.2) is 5.43 Å². The standard InChI is InChI=1S/C15H17BrN2O/c1-10-8-12(6-7-14(10)16)15(18-17)11-4-3-5-13(9-11)19-2/h3-9,15,18H,17H2,1-2H3. The molecule has 0 aliphatic heterocycles. The average molecular weight is 321 g/mol. The second kappa shape index (κ2) is 6.19. The van der Waals surface area contributed by atoms with E-state index in [9.17, 15) is 0 Å².